The highest BCUT2D eigenvalue weighted by atomic mass is 16.6. The monoisotopic (exact) mass is 201 g/mol. The molecule has 4 heteroatoms. The first-order chi connectivity index (χ1) is 6.76. The van der Waals surface area contributed by atoms with Crippen molar-refractivity contribution in [3.05, 3.63) is 0 Å². The molecule has 0 radical (unpaired) electrons. The fraction of sp³-hybridized carbons (Fsp3) is 0.800. The molecule has 0 rings (SSSR count). The van der Waals surface area contributed by atoms with Crippen LogP contribution in [0.4, 0.5) is 4.79 Å². The van der Waals surface area contributed by atoms with Gasteiger partial charge in [-0.15, -0.1) is 0 Å². The van der Waals surface area contributed by atoms with Crippen molar-refractivity contribution in [2.45, 2.75) is 39.5 Å². The standard InChI is InChI=1S/C10H19NO3/c1-3-5-6-7-8-14-10(13)11(4-2)9-12/h9H,3-8H2,1-2H3. The van der Waals surface area contributed by atoms with Crippen LogP contribution in [0.25, 0.3) is 0 Å². The molecule has 14 heavy (non-hydrogen) atoms. The summed E-state index contributed by atoms with van der Waals surface area (Å²) in [5, 5.41) is 0. The molecular formula is C10H19NO3. The highest BCUT2D eigenvalue weighted by Gasteiger charge is 2.10. The Morgan fingerprint density at radius 1 is 1.29 bits per heavy atom. The Morgan fingerprint density at radius 3 is 2.50 bits per heavy atom. The Bertz CT molecular complexity index is 171. The second-order valence-electron chi connectivity index (χ2n) is 3.07. The molecule has 0 atom stereocenters. The van der Waals surface area contributed by atoms with Gasteiger partial charge in [-0.2, -0.15) is 0 Å². The summed E-state index contributed by atoms with van der Waals surface area (Å²) in [6.45, 7) is 4.62. The van der Waals surface area contributed by atoms with Gasteiger partial charge < -0.3 is 4.74 Å². The lowest BCUT2D eigenvalue weighted by Crippen LogP contribution is -2.30. The molecule has 0 aliphatic rings. The largest absolute Gasteiger partial charge is 0.449 e. The predicted octanol–water partition coefficient (Wildman–Crippen LogP) is 2.18. The summed E-state index contributed by atoms with van der Waals surface area (Å²) in [5.74, 6) is 0. The van der Waals surface area contributed by atoms with E-state index in [1.165, 1.54) is 0 Å². The first kappa shape index (κ1) is 12.9. The molecule has 0 fully saturated rings. The quantitative estimate of drug-likeness (QED) is 0.468. The van der Waals surface area contributed by atoms with E-state index in [0.29, 0.717) is 19.6 Å². The number of carbonyl (C=O) groups is 2. The van der Waals surface area contributed by atoms with Crippen LogP contribution in [-0.2, 0) is 9.53 Å². The van der Waals surface area contributed by atoms with E-state index in [-0.39, 0.29) is 0 Å². The van der Waals surface area contributed by atoms with Gasteiger partial charge in [0.1, 0.15) is 0 Å². The molecule has 0 heterocycles. The molecule has 0 unspecified atom stereocenters. The topological polar surface area (TPSA) is 46.6 Å². The lowest BCUT2D eigenvalue weighted by atomic mass is 10.2. The number of nitrogens with zero attached hydrogens (tertiary/aromatic N) is 1. The molecular weight excluding hydrogens is 182 g/mol. The first-order valence-electron chi connectivity index (χ1n) is 5.14. The van der Waals surface area contributed by atoms with E-state index in [2.05, 4.69) is 6.92 Å². The zero-order valence-electron chi connectivity index (χ0n) is 8.99. The molecule has 0 bridgehead atoms. The number of imide groups is 1. The highest BCUT2D eigenvalue weighted by Crippen LogP contribution is 2.00. The smallest absolute Gasteiger partial charge is 0.416 e. The van der Waals surface area contributed by atoms with E-state index in [1.807, 2.05) is 0 Å². The van der Waals surface area contributed by atoms with Crippen LogP contribution in [0.15, 0.2) is 0 Å². The van der Waals surface area contributed by atoms with E-state index in [4.69, 9.17) is 4.74 Å². The van der Waals surface area contributed by atoms with Crippen LogP contribution in [0, 0.1) is 0 Å². The van der Waals surface area contributed by atoms with Crippen molar-refractivity contribution < 1.29 is 14.3 Å². The Kier molecular flexibility index (Phi) is 7.89. The number of rotatable bonds is 7. The van der Waals surface area contributed by atoms with Crippen molar-refractivity contribution in [1.82, 2.24) is 4.90 Å². The third-order valence-corrected chi connectivity index (χ3v) is 1.93. The van der Waals surface area contributed by atoms with Crippen LogP contribution in [0.5, 0.6) is 0 Å². The molecule has 0 saturated heterocycles. The second kappa shape index (κ2) is 8.53. The van der Waals surface area contributed by atoms with Crippen molar-refractivity contribution in [3.63, 3.8) is 0 Å². The molecule has 0 N–H and O–H groups in total. The van der Waals surface area contributed by atoms with Gasteiger partial charge in [-0.25, -0.2) is 4.79 Å². The summed E-state index contributed by atoms with van der Waals surface area (Å²) < 4.78 is 4.89. The second-order valence-corrected chi connectivity index (χ2v) is 3.07. The van der Waals surface area contributed by atoms with Gasteiger partial charge in [0.2, 0.25) is 6.41 Å². The fourth-order valence-corrected chi connectivity index (χ4v) is 1.02. The van der Waals surface area contributed by atoms with Crippen molar-refractivity contribution in [1.29, 1.82) is 0 Å². The summed E-state index contributed by atoms with van der Waals surface area (Å²) in [7, 11) is 0. The molecule has 0 aliphatic carbocycles. The minimum absolute atomic E-state index is 0.358. The van der Waals surface area contributed by atoms with Crippen molar-refractivity contribution >= 4 is 12.5 Å². The number of hydrogen-bond donors (Lipinski definition) is 0. The van der Waals surface area contributed by atoms with Gasteiger partial charge in [-0.3, -0.25) is 9.69 Å². The molecule has 0 aromatic carbocycles. The molecule has 0 saturated carbocycles. The predicted molar refractivity (Wildman–Crippen MR) is 53.9 cm³/mol. The van der Waals surface area contributed by atoms with Gasteiger partial charge in [0, 0.05) is 6.54 Å². The van der Waals surface area contributed by atoms with E-state index in [1.54, 1.807) is 6.92 Å². The lowest BCUT2D eigenvalue weighted by molar-refractivity contribution is -0.116. The van der Waals surface area contributed by atoms with Crippen LogP contribution in [0.3, 0.4) is 0 Å². The molecule has 82 valence electrons. The van der Waals surface area contributed by atoms with E-state index in [9.17, 15) is 9.59 Å². The number of carbonyl (C=O) groups excluding carboxylic acids is 2. The van der Waals surface area contributed by atoms with Gasteiger partial charge >= 0.3 is 6.09 Å². The molecule has 0 aliphatic heterocycles. The SMILES string of the molecule is CCCCCCOC(=O)N(C=O)CC. The van der Waals surface area contributed by atoms with Gasteiger partial charge in [-0.1, -0.05) is 26.2 Å². The fourth-order valence-electron chi connectivity index (χ4n) is 1.02. The van der Waals surface area contributed by atoms with Crippen molar-refractivity contribution in [2.24, 2.45) is 0 Å². The van der Waals surface area contributed by atoms with Gasteiger partial charge in [0.25, 0.3) is 0 Å². The number of ether oxygens (including phenoxy) is 1. The van der Waals surface area contributed by atoms with Crippen molar-refractivity contribution in [3.8, 4) is 0 Å². The normalized spacial score (nSPS) is 9.57. The number of hydrogen-bond acceptors (Lipinski definition) is 3. The molecule has 0 spiro atoms. The van der Waals surface area contributed by atoms with Crippen LogP contribution in [0.2, 0.25) is 0 Å². The summed E-state index contributed by atoms with van der Waals surface area (Å²) in [6, 6.07) is 0. The third-order valence-electron chi connectivity index (χ3n) is 1.93. The summed E-state index contributed by atoms with van der Waals surface area (Å²) in [6.07, 6.45) is 4.20. The molecule has 0 aromatic heterocycles. The maximum absolute atomic E-state index is 11.1. The van der Waals surface area contributed by atoms with E-state index < -0.39 is 6.09 Å². The maximum Gasteiger partial charge on any atom is 0.416 e. The molecule has 0 aromatic rings. The Balaban J connectivity index is 3.47. The lowest BCUT2D eigenvalue weighted by Gasteiger charge is -2.12. The van der Waals surface area contributed by atoms with Gasteiger partial charge in [0.05, 0.1) is 6.61 Å². The molecule has 2 amide bonds. The zero-order chi connectivity index (χ0) is 10.8. The van der Waals surface area contributed by atoms with Crippen LogP contribution < -0.4 is 0 Å². The number of unbranched alkanes of at least 4 members (excludes halogenated alkanes) is 3. The van der Waals surface area contributed by atoms with Crippen LogP contribution >= 0.6 is 0 Å². The average molecular weight is 201 g/mol. The van der Waals surface area contributed by atoms with Crippen LogP contribution in [-0.4, -0.2) is 30.6 Å². The highest BCUT2D eigenvalue weighted by molar-refractivity contribution is 5.80. The Labute approximate surface area is 85.2 Å². The van der Waals surface area contributed by atoms with E-state index >= 15 is 0 Å². The average Bonchev–Trinajstić information content (AvgIpc) is 2.19. The first-order valence-corrected chi connectivity index (χ1v) is 5.14. The summed E-state index contributed by atoms with van der Waals surface area (Å²) in [5.41, 5.74) is 0. The Hall–Kier alpha value is -1.06. The third kappa shape index (κ3) is 5.56. The van der Waals surface area contributed by atoms with Crippen LogP contribution in [0.1, 0.15) is 39.5 Å². The zero-order valence-corrected chi connectivity index (χ0v) is 8.99. The number of amides is 2. The Morgan fingerprint density at radius 2 is 2.00 bits per heavy atom. The minimum atomic E-state index is -0.543. The van der Waals surface area contributed by atoms with Crippen molar-refractivity contribution in [2.75, 3.05) is 13.2 Å². The van der Waals surface area contributed by atoms with Gasteiger partial charge in [0.15, 0.2) is 0 Å². The maximum atomic E-state index is 11.1. The van der Waals surface area contributed by atoms with E-state index in [0.717, 1.165) is 30.6 Å². The van der Waals surface area contributed by atoms with Gasteiger partial charge in [-0.05, 0) is 13.3 Å². The summed E-state index contributed by atoms with van der Waals surface area (Å²) in [4.78, 5) is 22.5. The summed E-state index contributed by atoms with van der Waals surface area (Å²) >= 11 is 0. The molecule has 4 nitrogen and oxygen atoms in total. The minimum Gasteiger partial charge on any atom is -0.449 e.